The molecule has 0 heterocycles. The lowest BCUT2D eigenvalue weighted by atomic mass is 10.3. The second kappa shape index (κ2) is 11.1. The molecule has 0 amide bonds. The van der Waals surface area contributed by atoms with Crippen LogP contribution in [0, 0.1) is 0 Å². The maximum absolute atomic E-state index is 6.70. The zero-order valence-electron chi connectivity index (χ0n) is 21.0. The Morgan fingerprint density at radius 3 is 1.13 bits per heavy atom. The average molecular weight is 524 g/mol. The number of nitrogens with one attached hydrogen (secondary N) is 1. The summed E-state index contributed by atoms with van der Waals surface area (Å²) in [5.41, 5.74) is 0.897. The van der Waals surface area contributed by atoms with Gasteiger partial charge in [0.1, 0.15) is 0 Å². The molecule has 0 fully saturated rings. The highest BCUT2D eigenvalue weighted by Gasteiger charge is 2.43. The van der Waals surface area contributed by atoms with Crippen LogP contribution in [0.1, 0.15) is 0 Å². The number of hydrogen-bond acceptors (Lipinski definition) is 5. The van der Waals surface area contributed by atoms with Crippen molar-refractivity contribution in [3.63, 3.8) is 0 Å². The quantitative estimate of drug-likeness (QED) is 0.220. The third-order valence-electron chi connectivity index (χ3n) is 2.92. The highest BCUT2D eigenvalue weighted by atomic mass is 31.2. The largest absolute Gasteiger partial charge is 0.374 e. The molecule has 1 rings (SSSR count). The van der Waals surface area contributed by atoms with E-state index in [0.29, 0.717) is 0 Å². The molecule has 0 saturated heterocycles. The molecule has 11 heteroatoms. The fourth-order valence-corrected chi connectivity index (χ4v) is 16.2. The van der Waals surface area contributed by atoms with E-state index in [0.717, 1.165) is 5.69 Å². The summed E-state index contributed by atoms with van der Waals surface area (Å²) in [6.45, 7) is 26.6. The molecule has 1 aromatic rings. The molecule has 1 N–H and O–H groups in total. The number of anilines is 1. The second-order valence-electron chi connectivity index (χ2n) is 11.3. The van der Waals surface area contributed by atoms with Gasteiger partial charge in [-0.1, -0.05) is 18.2 Å². The van der Waals surface area contributed by atoms with Gasteiger partial charge < -0.3 is 22.2 Å². The van der Waals surface area contributed by atoms with Crippen LogP contribution in [0.25, 0.3) is 0 Å². The predicted molar refractivity (Wildman–Crippen MR) is 145 cm³/mol. The topological polar surface area (TPSA) is 49.0 Å². The summed E-state index contributed by atoms with van der Waals surface area (Å²) in [6.07, 6.45) is 0. The fourth-order valence-electron chi connectivity index (χ4n) is 2.18. The average Bonchev–Trinajstić information content (AvgIpc) is 2.46. The molecule has 0 aliphatic carbocycles. The summed E-state index contributed by atoms with van der Waals surface area (Å²) in [5, 5.41) is 3.72. The van der Waals surface area contributed by atoms with Gasteiger partial charge in [-0.15, -0.1) is 0 Å². The summed E-state index contributed by atoms with van der Waals surface area (Å²) in [7, 11) is -9.89. The minimum atomic E-state index is -1.86. The van der Waals surface area contributed by atoms with Gasteiger partial charge in [-0.05, 0) is 90.7 Å². The van der Waals surface area contributed by atoms with Crippen LogP contribution in [0.15, 0.2) is 30.3 Å². The van der Waals surface area contributed by atoms with Crippen LogP contribution >= 0.6 is 16.8 Å². The Morgan fingerprint density at radius 1 is 0.567 bits per heavy atom. The highest BCUT2D eigenvalue weighted by molar-refractivity contribution is 7.69. The van der Waals surface area contributed by atoms with Gasteiger partial charge in [0.25, 0.3) is 0 Å². The first-order chi connectivity index (χ1) is 13.3. The molecular weight excluding hydrogens is 481 g/mol. The molecule has 0 spiro atoms. The maximum atomic E-state index is 6.70. The van der Waals surface area contributed by atoms with Gasteiger partial charge in [0.15, 0.2) is 55.5 Å². The van der Waals surface area contributed by atoms with Gasteiger partial charge in [-0.3, -0.25) is 0 Å². The molecule has 0 saturated carbocycles. The van der Waals surface area contributed by atoms with Crippen LogP contribution in [-0.2, 0) is 16.9 Å². The van der Waals surface area contributed by atoms with Gasteiger partial charge in [0.05, 0.1) is 0 Å². The predicted octanol–water partition coefficient (Wildman–Crippen LogP) is 8.41. The van der Waals surface area contributed by atoms with E-state index in [1.54, 1.807) is 0 Å². The maximum Gasteiger partial charge on any atom is 0.191 e. The molecule has 0 aromatic heterocycles. The van der Waals surface area contributed by atoms with Crippen molar-refractivity contribution in [2.75, 3.05) is 5.32 Å². The highest BCUT2D eigenvalue weighted by Crippen LogP contribution is 2.64. The van der Waals surface area contributed by atoms with Crippen molar-refractivity contribution in [3.8, 4) is 0 Å². The first kappa shape index (κ1) is 28.6. The van der Waals surface area contributed by atoms with Crippen molar-refractivity contribution >= 4 is 55.7 Å². The Labute approximate surface area is 192 Å². The van der Waals surface area contributed by atoms with Crippen molar-refractivity contribution in [3.05, 3.63) is 30.3 Å². The second-order valence-corrected chi connectivity index (χ2v) is 33.7. The third kappa shape index (κ3) is 13.2. The Hall–Kier alpha value is 0.588. The van der Waals surface area contributed by atoms with E-state index < -0.39 is 50.0 Å². The molecule has 1 aromatic carbocycles. The Kier molecular flexibility index (Phi) is 10.6. The van der Waals surface area contributed by atoms with Gasteiger partial charge in [-0.25, -0.2) is 0 Å². The Balaban J connectivity index is 3.44. The van der Waals surface area contributed by atoms with Crippen molar-refractivity contribution in [2.45, 2.75) is 84.1 Å². The summed E-state index contributed by atoms with van der Waals surface area (Å²) in [5.74, 6) is 0. The van der Waals surface area contributed by atoms with Crippen LogP contribution in [0.3, 0.4) is 0 Å². The van der Waals surface area contributed by atoms with Crippen LogP contribution < -0.4 is 5.32 Å². The van der Waals surface area contributed by atoms with Crippen molar-refractivity contribution in [1.29, 1.82) is 0 Å². The number of rotatable bonds is 12. The standard InChI is InChI=1S/C19H43NO4P2Si4/c1-27(2,3)21-25(22-28(4,5)6)19(20-18-16-14-13-15-17-18)26(23-29(7,8)9)24-30(10,11)12/h13-17,19-20H,1-12H3. The minimum absolute atomic E-state index is 0.144. The summed E-state index contributed by atoms with van der Waals surface area (Å²) >= 11 is 0. The van der Waals surface area contributed by atoms with E-state index in [9.17, 15) is 0 Å². The summed E-state index contributed by atoms with van der Waals surface area (Å²) < 4.78 is 26.8. The lowest BCUT2D eigenvalue weighted by Crippen LogP contribution is -2.36. The van der Waals surface area contributed by atoms with Crippen molar-refractivity contribution < 1.29 is 16.9 Å². The Bertz CT molecular complexity index is 575. The third-order valence-corrected chi connectivity index (χ3v) is 16.8. The fraction of sp³-hybridized carbons (Fsp3) is 0.684. The number of hydrogen-bond donors (Lipinski definition) is 1. The molecule has 30 heavy (non-hydrogen) atoms. The zero-order valence-corrected chi connectivity index (χ0v) is 26.8. The summed E-state index contributed by atoms with van der Waals surface area (Å²) in [6, 6.07) is 10.3. The van der Waals surface area contributed by atoms with E-state index >= 15 is 0 Å². The van der Waals surface area contributed by atoms with E-state index in [4.69, 9.17) is 16.9 Å². The van der Waals surface area contributed by atoms with E-state index in [1.165, 1.54) is 0 Å². The van der Waals surface area contributed by atoms with Crippen LogP contribution in [0.5, 0.6) is 0 Å². The zero-order chi connectivity index (χ0) is 23.4. The van der Waals surface area contributed by atoms with Gasteiger partial charge in [0, 0.05) is 5.69 Å². The molecule has 0 unspecified atom stereocenters. The molecule has 0 radical (unpaired) electrons. The van der Waals surface area contributed by atoms with Crippen molar-refractivity contribution in [1.82, 2.24) is 0 Å². The molecular formula is C19H43NO4P2Si4. The molecule has 0 aliphatic rings. The molecule has 0 bridgehead atoms. The van der Waals surface area contributed by atoms with Crippen molar-refractivity contribution in [2.24, 2.45) is 0 Å². The molecule has 5 nitrogen and oxygen atoms in total. The van der Waals surface area contributed by atoms with Crippen LogP contribution in [0.2, 0.25) is 78.6 Å². The first-order valence-corrected chi connectivity index (χ1v) is 26.6. The van der Waals surface area contributed by atoms with Crippen LogP contribution in [-0.4, -0.2) is 38.8 Å². The molecule has 174 valence electrons. The SMILES string of the molecule is C[Si](C)(C)OP(O[Si](C)(C)C)C(Nc1ccccc1)P(O[Si](C)(C)C)O[Si](C)(C)C. The monoisotopic (exact) mass is 523 g/mol. The van der Waals surface area contributed by atoms with Gasteiger partial charge >= 0.3 is 0 Å². The smallest absolute Gasteiger partial charge is 0.191 e. The molecule has 0 aliphatic heterocycles. The number of benzene rings is 1. The Morgan fingerprint density at radius 2 is 0.867 bits per heavy atom. The minimum Gasteiger partial charge on any atom is -0.374 e. The lowest BCUT2D eigenvalue weighted by Gasteiger charge is -2.41. The summed E-state index contributed by atoms with van der Waals surface area (Å²) in [4.78, 5) is 0. The van der Waals surface area contributed by atoms with Gasteiger partial charge in [-0.2, -0.15) is 0 Å². The van der Waals surface area contributed by atoms with Crippen LogP contribution in [0.4, 0.5) is 5.69 Å². The van der Waals surface area contributed by atoms with E-state index in [2.05, 4.69) is 96.0 Å². The number of para-hydroxylation sites is 1. The van der Waals surface area contributed by atoms with E-state index in [-0.39, 0.29) is 5.52 Å². The van der Waals surface area contributed by atoms with E-state index in [1.807, 2.05) is 18.2 Å². The normalized spacial score (nSPS) is 14.1. The lowest BCUT2D eigenvalue weighted by molar-refractivity contribution is 0.462. The molecule has 0 atom stereocenters. The first-order valence-electron chi connectivity index (χ1n) is 10.5. The van der Waals surface area contributed by atoms with Gasteiger partial charge in [0.2, 0.25) is 0 Å².